The maximum absolute atomic E-state index is 13.7. The topological polar surface area (TPSA) is 82.2 Å². The van der Waals surface area contributed by atoms with Crippen LogP contribution in [0.5, 0.6) is 0 Å². The Kier molecular flexibility index (Phi) is 14.2. The number of rotatable bonds is 5. The van der Waals surface area contributed by atoms with Gasteiger partial charge in [0.1, 0.15) is 24.8 Å². The number of alkyl halides is 1. The lowest BCUT2D eigenvalue weighted by molar-refractivity contribution is -0.139. The molecule has 1 aromatic rings. The molecule has 0 unspecified atom stereocenters. The molecule has 0 radical (unpaired) electrons. The van der Waals surface area contributed by atoms with E-state index in [1.165, 1.54) is 0 Å². The van der Waals surface area contributed by atoms with Gasteiger partial charge in [0.25, 0.3) is 5.91 Å². The number of halogens is 1. The van der Waals surface area contributed by atoms with E-state index >= 15 is 0 Å². The predicted octanol–water partition coefficient (Wildman–Crippen LogP) is 1.96. The molecule has 0 aromatic heterocycles. The quantitative estimate of drug-likeness (QED) is 0.505. The number of Topliss-reactive ketones (excluding diaryl/α,β-unsaturated/α-hetero) is 1. The Labute approximate surface area is 258 Å². The van der Waals surface area contributed by atoms with Gasteiger partial charge in [0.2, 0.25) is 5.91 Å². The first-order chi connectivity index (χ1) is 16.4. The van der Waals surface area contributed by atoms with Crippen LogP contribution in [0.15, 0.2) is 24.3 Å². The highest BCUT2D eigenvalue weighted by Gasteiger charge is 2.53. The van der Waals surface area contributed by atoms with Crippen molar-refractivity contribution in [2.24, 2.45) is 5.92 Å². The van der Waals surface area contributed by atoms with E-state index < -0.39 is 23.6 Å². The van der Waals surface area contributed by atoms with Crippen molar-refractivity contribution >= 4 is 88.9 Å². The molecule has 1 N–H and O–H groups in total. The highest BCUT2D eigenvalue weighted by molar-refractivity contribution is 7.59. The molecule has 5 rings (SSSR count). The number of ketones is 1. The lowest BCUT2D eigenvalue weighted by atomic mass is 9.95. The lowest BCUT2D eigenvalue weighted by Gasteiger charge is -2.34. The molecule has 1 saturated carbocycles. The molecule has 0 bridgehead atoms. The Morgan fingerprint density at radius 2 is 1.61 bits per heavy atom. The third-order valence-corrected chi connectivity index (χ3v) is 8.21. The van der Waals surface area contributed by atoms with Gasteiger partial charge in [0, 0.05) is 44.0 Å². The van der Waals surface area contributed by atoms with Gasteiger partial charge in [-0.15, -0.1) is 11.6 Å². The van der Waals surface area contributed by atoms with E-state index in [-0.39, 0.29) is 90.6 Å². The van der Waals surface area contributed by atoms with Gasteiger partial charge in [-0.2, -0.15) is 54.0 Å². The van der Waals surface area contributed by atoms with Crippen molar-refractivity contribution in [1.82, 2.24) is 15.1 Å². The summed E-state index contributed by atoms with van der Waals surface area (Å²) in [6.07, 6.45) is 3.39. The first-order valence-corrected chi connectivity index (χ1v) is 12.8. The summed E-state index contributed by atoms with van der Waals surface area (Å²) in [5.41, 5.74) is 1.63. The fourth-order valence-corrected chi connectivity index (χ4v) is 6.15. The second kappa shape index (κ2) is 15.3. The van der Waals surface area contributed by atoms with Gasteiger partial charge in [-0.05, 0) is 50.1 Å². The third kappa shape index (κ3) is 7.30. The first-order valence-electron chi connectivity index (χ1n) is 12.4. The lowest BCUT2D eigenvalue weighted by Crippen LogP contribution is -2.54. The summed E-state index contributed by atoms with van der Waals surface area (Å²) in [7, 11) is 2.12. The van der Waals surface area contributed by atoms with Crippen LogP contribution in [0.2, 0.25) is 0 Å². The molecule has 3 saturated heterocycles. The molecule has 3 heterocycles. The van der Waals surface area contributed by atoms with Crippen molar-refractivity contribution in [3.05, 3.63) is 29.8 Å². The number of carbonyl (C=O) groups is 3. The molecular weight excluding hydrogens is 584 g/mol. The minimum atomic E-state index is -0.664. The number of nitrogens with zero attached hydrogens (tertiary/aromatic N) is 3. The number of piperazine rings is 1. The zero-order valence-electron chi connectivity index (χ0n) is 21.6. The number of likely N-dealkylation sites (tertiary alicyclic amines) is 1. The molecule has 4 atom stereocenters. The molecule has 38 heavy (non-hydrogen) atoms. The molecule has 1 aliphatic carbocycles. The van der Waals surface area contributed by atoms with Gasteiger partial charge in [-0.1, -0.05) is 12.8 Å². The van der Waals surface area contributed by atoms with E-state index in [0.29, 0.717) is 5.56 Å². The standard InChI is InChI=1S/C25H33ClN4O4.4H2S/c1-28-10-12-29(13-11-28)18-8-6-17(7-9-18)24(32)27-21(16-4-2-3-5-16)25(33)30-14-19(26)23-22(30)20(31)15-34-23;;;;/h6-9,16,19,21-23H,2-5,10-15H2,1H3,(H,27,32);4*1H2/t19-,21-,22+,23+;;;;/m0..../s1. The highest BCUT2D eigenvalue weighted by atomic mass is 35.5. The Bertz CT molecular complexity index is 946. The molecule has 4 aliphatic rings. The minimum Gasteiger partial charge on any atom is -0.369 e. The van der Waals surface area contributed by atoms with Crippen molar-refractivity contribution in [2.75, 3.05) is 51.3 Å². The van der Waals surface area contributed by atoms with E-state index in [0.717, 1.165) is 57.5 Å². The summed E-state index contributed by atoms with van der Waals surface area (Å²) in [5, 5.41) is 2.61. The number of carbonyl (C=O) groups excluding carboxylic acids is 3. The van der Waals surface area contributed by atoms with Crippen LogP contribution >= 0.6 is 65.6 Å². The number of nitrogens with one attached hydrogen (secondary N) is 1. The fourth-order valence-electron chi connectivity index (χ4n) is 5.79. The molecule has 2 amide bonds. The molecule has 4 fully saturated rings. The van der Waals surface area contributed by atoms with E-state index in [1.54, 1.807) is 4.90 Å². The Balaban J connectivity index is 0.00000180. The number of likely N-dealkylation sites (N-methyl/N-ethyl adjacent to an activating group) is 1. The monoisotopic (exact) mass is 624 g/mol. The van der Waals surface area contributed by atoms with Crippen LogP contribution in [-0.4, -0.2) is 97.3 Å². The molecular formula is C25H41ClN4O4S4. The highest BCUT2D eigenvalue weighted by Crippen LogP contribution is 2.34. The summed E-state index contributed by atoms with van der Waals surface area (Å²) >= 11 is 6.41. The summed E-state index contributed by atoms with van der Waals surface area (Å²) in [6, 6.07) is 6.30. The number of anilines is 1. The van der Waals surface area contributed by atoms with Crippen LogP contribution in [0.1, 0.15) is 36.0 Å². The van der Waals surface area contributed by atoms with Crippen molar-refractivity contribution in [1.29, 1.82) is 0 Å². The molecule has 0 spiro atoms. The summed E-state index contributed by atoms with van der Waals surface area (Å²) in [5.74, 6) is -0.530. The second-order valence-electron chi connectivity index (χ2n) is 10.0. The van der Waals surface area contributed by atoms with Crippen LogP contribution in [0.3, 0.4) is 0 Å². The van der Waals surface area contributed by atoms with E-state index in [2.05, 4.69) is 22.2 Å². The number of ether oxygens (including phenoxy) is 1. The largest absolute Gasteiger partial charge is 0.369 e. The average molecular weight is 625 g/mol. The van der Waals surface area contributed by atoms with E-state index in [4.69, 9.17) is 16.3 Å². The zero-order chi connectivity index (χ0) is 23.8. The van der Waals surface area contributed by atoms with E-state index in [9.17, 15) is 14.4 Å². The van der Waals surface area contributed by atoms with Gasteiger partial charge < -0.3 is 24.8 Å². The van der Waals surface area contributed by atoms with Crippen LogP contribution in [-0.2, 0) is 14.3 Å². The maximum atomic E-state index is 13.7. The number of benzene rings is 1. The number of amides is 2. The number of hydrogen-bond acceptors (Lipinski definition) is 6. The Morgan fingerprint density at radius 3 is 2.21 bits per heavy atom. The van der Waals surface area contributed by atoms with Gasteiger partial charge in [-0.3, -0.25) is 14.4 Å². The predicted molar refractivity (Wildman–Crippen MR) is 171 cm³/mol. The fraction of sp³-hybridized carbons (Fsp3) is 0.640. The smallest absolute Gasteiger partial charge is 0.251 e. The minimum absolute atomic E-state index is 0. The van der Waals surface area contributed by atoms with Crippen LogP contribution in [0.25, 0.3) is 0 Å². The molecule has 1 aromatic carbocycles. The third-order valence-electron chi connectivity index (χ3n) is 7.83. The van der Waals surface area contributed by atoms with E-state index in [1.807, 2.05) is 24.3 Å². The number of hydrogen-bond donors (Lipinski definition) is 1. The van der Waals surface area contributed by atoms with Crippen molar-refractivity contribution in [2.45, 2.75) is 49.2 Å². The summed E-state index contributed by atoms with van der Waals surface area (Å²) in [4.78, 5) is 45.4. The maximum Gasteiger partial charge on any atom is 0.251 e. The van der Waals surface area contributed by atoms with Crippen molar-refractivity contribution in [3.63, 3.8) is 0 Å². The number of fused-ring (bicyclic) bond motifs is 1. The Hall–Kier alpha value is -0.760. The zero-order valence-corrected chi connectivity index (χ0v) is 26.4. The van der Waals surface area contributed by atoms with Crippen molar-refractivity contribution < 1.29 is 19.1 Å². The molecule has 13 heteroatoms. The van der Waals surface area contributed by atoms with Gasteiger partial charge in [-0.25, -0.2) is 0 Å². The second-order valence-corrected chi connectivity index (χ2v) is 10.6. The average Bonchev–Trinajstić information content (AvgIpc) is 3.58. The summed E-state index contributed by atoms with van der Waals surface area (Å²) in [6.45, 7) is 4.21. The molecule has 8 nitrogen and oxygen atoms in total. The van der Waals surface area contributed by atoms with Gasteiger partial charge in [0.05, 0.1) is 5.38 Å². The summed E-state index contributed by atoms with van der Waals surface area (Å²) < 4.78 is 5.54. The molecule has 216 valence electrons. The van der Waals surface area contributed by atoms with Crippen LogP contribution in [0.4, 0.5) is 5.69 Å². The normalized spacial score (nSPS) is 25.8. The van der Waals surface area contributed by atoms with Crippen LogP contribution < -0.4 is 10.2 Å². The SMILES string of the molecule is CN1CCN(c2ccc(C(=O)N[C@H](C(=O)N3C[C@H](Cl)[C@H]4OCC(=O)[C@H]43)C3CCCC3)cc2)CC1.S.S.S.S. The first kappa shape index (κ1) is 35.3. The van der Waals surface area contributed by atoms with Crippen LogP contribution in [0, 0.1) is 5.92 Å². The Morgan fingerprint density at radius 1 is 1.00 bits per heavy atom. The molecule has 3 aliphatic heterocycles. The van der Waals surface area contributed by atoms with Crippen molar-refractivity contribution in [3.8, 4) is 0 Å². The van der Waals surface area contributed by atoms with Gasteiger partial charge >= 0.3 is 0 Å². The van der Waals surface area contributed by atoms with Gasteiger partial charge in [0.15, 0.2) is 5.78 Å².